The van der Waals surface area contributed by atoms with Crippen molar-refractivity contribution in [1.29, 1.82) is 0 Å². The molecule has 1 aliphatic rings. The van der Waals surface area contributed by atoms with Crippen LogP contribution in [-0.4, -0.2) is 19.7 Å². The lowest BCUT2D eigenvalue weighted by atomic mass is 10.2. The largest absolute Gasteiger partial charge is 0.338 e. The maximum absolute atomic E-state index is 13.4. The van der Waals surface area contributed by atoms with E-state index >= 15 is 0 Å². The fourth-order valence-corrected chi connectivity index (χ4v) is 6.43. The minimum atomic E-state index is 0.0933. The highest BCUT2D eigenvalue weighted by molar-refractivity contribution is 7.98. The molecule has 0 spiro atoms. The third-order valence-electron chi connectivity index (χ3n) is 5.46. The molecule has 0 saturated heterocycles. The van der Waals surface area contributed by atoms with E-state index in [9.17, 15) is 4.79 Å². The highest BCUT2D eigenvalue weighted by atomic mass is 32.2. The van der Waals surface area contributed by atoms with Gasteiger partial charge in [-0.15, -0.1) is 11.3 Å². The van der Waals surface area contributed by atoms with Gasteiger partial charge < -0.3 is 4.52 Å². The molecule has 4 aromatic rings. The van der Waals surface area contributed by atoms with Gasteiger partial charge in [-0.2, -0.15) is 16.3 Å². The molecule has 150 valence electrons. The summed E-state index contributed by atoms with van der Waals surface area (Å²) in [5, 5.41) is 9.60. The lowest BCUT2D eigenvalue weighted by Gasteiger charge is -2.17. The summed E-state index contributed by atoms with van der Waals surface area (Å²) in [6.45, 7) is 4.08. The number of rotatable bonds is 5. The summed E-state index contributed by atoms with van der Waals surface area (Å²) in [5.74, 6) is 1.63. The predicted octanol–water partition coefficient (Wildman–Crippen LogP) is 5.59. The molecule has 6 nitrogen and oxygen atoms in total. The molecule has 0 amide bonds. The zero-order chi connectivity index (χ0) is 20.0. The fourth-order valence-electron chi connectivity index (χ4n) is 3.82. The first-order valence-corrected chi connectivity index (χ1v) is 12.4. The van der Waals surface area contributed by atoms with Crippen molar-refractivity contribution in [1.82, 2.24) is 19.7 Å². The van der Waals surface area contributed by atoms with E-state index in [1.54, 1.807) is 22.7 Å². The van der Waals surface area contributed by atoms with Crippen molar-refractivity contribution in [3.8, 4) is 11.4 Å². The van der Waals surface area contributed by atoms with E-state index in [0.717, 1.165) is 57.1 Å². The van der Waals surface area contributed by atoms with Gasteiger partial charge in [0.25, 0.3) is 5.56 Å². The molecule has 0 N–H and O–H groups in total. The third-order valence-corrected chi connectivity index (χ3v) is 8.19. The van der Waals surface area contributed by atoms with Gasteiger partial charge in [-0.3, -0.25) is 9.36 Å². The van der Waals surface area contributed by atoms with Gasteiger partial charge in [-0.25, -0.2) is 4.98 Å². The SMILES string of the molecule is Cc1sc2nc(SCc3nc(-c4ccsc4)no3)n(C3CCCC3)c(=O)c2c1C. The van der Waals surface area contributed by atoms with E-state index in [4.69, 9.17) is 9.51 Å². The predicted molar refractivity (Wildman–Crippen MR) is 118 cm³/mol. The summed E-state index contributed by atoms with van der Waals surface area (Å²) < 4.78 is 7.35. The number of hydrogen-bond acceptors (Lipinski definition) is 8. The van der Waals surface area contributed by atoms with Crippen LogP contribution in [0.5, 0.6) is 0 Å². The van der Waals surface area contributed by atoms with Crippen LogP contribution in [-0.2, 0) is 5.75 Å². The number of hydrogen-bond donors (Lipinski definition) is 0. The molecule has 0 aromatic carbocycles. The van der Waals surface area contributed by atoms with Crippen LogP contribution in [0.4, 0.5) is 0 Å². The first-order chi connectivity index (χ1) is 14.1. The summed E-state index contributed by atoms with van der Waals surface area (Å²) in [4.78, 5) is 24.8. The molecule has 0 atom stereocenters. The van der Waals surface area contributed by atoms with Crippen molar-refractivity contribution in [2.45, 2.75) is 56.5 Å². The summed E-state index contributed by atoms with van der Waals surface area (Å²) in [6.07, 6.45) is 4.39. The molecule has 1 aliphatic carbocycles. The standard InChI is InChI=1S/C20H20N4O2S3/c1-11-12(2)29-18-16(11)19(25)24(14-5-3-4-6-14)20(22-18)28-10-15-21-17(23-26-15)13-7-8-27-9-13/h7-9,14H,3-6,10H2,1-2H3. The van der Waals surface area contributed by atoms with Gasteiger partial charge in [0.05, 0.1) is 11.1 Å². The number of aryl methyl sites for hydroxylation is 2. The van der Waals surface area contributed by atoms with E-state index in [1.165, 1.54) is 11.8 Å². The topological polar surface area (TPSA) is 73.8 Å². The average Bonchev–Trinajstić information content (AvgIpc) is 3.49. The minimum absolute atomic E-state index is 0.0933. The molecule has 0 radical (unpaired) electrons. The zero-order valence-electron chi connectivity index (χ0n) is 16.2. The Hall–Kier alpha value is -1.97. The maximum atomic E-state index is 13.4. The Morgan fingerprint density at radius 1 is 1.28 bits per heavy atom. The molecule has 4 aromatic heterocycles. The van der Waals surface area contributed by atoms with Crippen LogP contribution < -0.4 is 5.56 Å². The Labute approximate surface area is 180 Å². The molecule has 9 heteroatoms. The summed E-state index contributed by atoms with van der Waals surface area (Å²) in [5.41, 5.74) is 2.11. The molecule has 0 aliphatic heterocycles. The Kier molecular flexibility index (Phi) is 5.05. The Bertz CT molecular complexity index is 1220. The molecule has 29 heavy (non-hydrogen) atoms. The van der Waals surface area contributed by atoms with Crippen molar-refractivity contribution >= 4 is 44.7 Å². The second kappa shape index (κ2) is 7.70. The Balaban J connectivity index is 1.50. The average molecular weight is 445 g/mol. The summed E-state index contributed by atoms with van der Waals surface area (Å²) in [6, 6.07) is 2.20. The molecular formula is C20H20N4O2S3. The first-order valence-electron chi connectivity index (χ1n) is 9.62. The second-order valence-corrected chi connectivity index (χ2v) is 10.2. The van der Waals surface area contributed by atoms with Gasteiger partial charge in [0.2, 0.25) is 11.7 Å². The molecule has 4 heterocycles. The third kappa shape index (κ3) is 3.45. The molecular weight excluding hydrogens is 424 g/mol. The highest BCUT2D eigenvalue weighted by Crippen LogP contribution is 2.35. The Morgan fingerprint density at radius 2 is 2.10 bits per heavy atom. The minimum Gasteiger partial charge on any atom is -0.338 e. The van der Waals surface area contributed by atoms with E-state index in [0.29, 0.717) is 17.5 Å². The maximum Gasteiger partial charge on any atom is 0.263 e. The van der Waals surface area contributed by atoms with Crippen LogP contribution in [0.15, 0.2) is 31.3 Å². The van der Waals surface area contributed by atoms with Crippen LogP contribution in [0.1, 0.15) is 48.1 Å². The van der Waals surface area contributed by atoms with Crippen molar-refractivity contribution in [2.24, 2.45) is 0 Å². The van der Waals surface area contributed by atoms with Gasteiger partial charge in [0, 0.05) is 21.9 Å². The van der Waals surface area contributed by atoms with Gasteiger partial charge in [0.1, 0.15) is 4.83 Å². The summed E-state index contributed by atoms with van der Waals surface area (Å²) in [7, 11) is 0. The van der Waals surface area contributed by atoms with Gasteiger partial charge in [0.15, 0.2) is 5.16 Å². The first kappa shape index (κ1) is 19.0. The quantitative estimate of drug-likeness (QED) is 0.295. The van der Waals surface area contributed by atoms with Crippen LogP contribution in [0.25, 0.3) is 21.6 Å². The fraction of sp³-hybridized carbons (Fsp3) is 0.400. The van der Waals surface area contributed by atoms with E-state index in [-0.39, 0.29) is 11.6 Å². The van der Waals surface area contributed by atoms with Crippen LogP contribution >= 0.6 is 34.4 Å². The monoisotopic (exact) mass is 444 g/mol. The van der Waals surface area contributed by atoms with Crippen molar-refractivity contribution < 1.29 is 4.52 Å². The molecule has 1 saturated carbocycles. The van der Waals surface area contributed by atoms with Crippen LogP contribution in [0.2, 0.25) is 0 Å². The number of nitrogens with zero attached hydrogens (tertiary/aromatic N) is 4. The van der Waals surface area contributed by atoms with Crippen LogP contribution in [0.3, 0.4) is 0 Å². The molecule has 1 fully saturated rings. The lowest BCUT2D eigenvalue weighted by Crippen LogP contribution is -2.26. The van der Waals surface area contributed by atoms with Crippen LogP contribution in [0, 0.1) is 13.8 Å². The van der Waals surface area contributed by atoms with Gasteiger partial charge in [-0.1, -0.05) is 29.8 Å². The van der Waals surface area contributed by atoms with Gasteiger partial charge in [-0.05, 0) is 43.7 Å². The number of aromatic nitrogens is 4. The van der Waals surface area contributed by atoms with E-state index in [1.807, 2.05) is 28.3 Å². The molecule has 0 bridgehead atoms. The van der Waals surface area contributed by atoms with Crippen molar-refractivity contribution in [3.05, 3.63) is 43.5 Å². The lowest BCUT2D eigenvalue weighted by molar-refractivity contribution is 0.391. The second-order valence-electron chi connectivity index (χ2n) is 7.28. The number of thioether (sulfide) groups is 1. The van der Waals surface area contributed by atoms with Crippen molar-refractivity contribution in [3.63, 3.8) is 0 Å². The van der Waals surface area contributed by atoms with Crippen molar-refractivity contribution in [2.75, 3.05) is 0 Å². The number of fused-ring (bicyclic) bond motifs is 1. The molecule has 5 rings (SSSR count). The number of thiophene rings is 2. The highest BCUT2D eigenvalue weighted by Gasteiger charge is 2.25. The smallest absolute Gasteiger partial charge is 0.263 e. The summed E-state index contributed by atoms with van der Waals surface area (Å²) >= 11 is 4.70. The van der Waals surface area contributed by atoms with E-state index in [2.05, 4.69) is 17.1 Å². The normalized spacial score (nSPS) is 15.0. The Morgan fingerprint density at radius 3 is 2.86 bits per heavy atom. The zero-order valence-corrected chi connectivity index (χ0v) is 18.6. The van der Waals surface area contributed by atoms with Gasteiger partial charge >= 0.3 is 0 Å². The van der Waals surface area contributed by atoms with E-state index < -0.39 is 0 Å². The molecule has 0 unspecified atom stereocenters.